The highest BCUT2D eigenvalue weighted by Gasteiger charge is 2.19. The maximum atomic E-state index is 13.4. The molecule has 1 aliphatic rings. The number of hydrogen-bond donors (Lipinski definition) is 2. The summed E-state index contributed by atoms with van der Waals surface area (Å²) in [5.74, 6) is -0.234. The number of aromatic nitrogens is 1. The normalized spacial score (nSPS) is 13.6. The standard InChI is InChI=1S/C21H19FN4O3S2/c22-15-5-1-4-14(10-15)21-25-17(13-30-21)12-20(27)24-16-6-2-7-18(11-16)31(28,29)26-19-8-3-9-23-19/h1-2,4-7,10-11,13H,3,8-9,12H2,(H,23,26)(H,24,27). The maximum absolute atomic E-state index is 13.4. The van der Waals surface area contributed by atoms with Crippen LogP contribution < -0.4 is 10.0 Å². The molecule has 0 spiro atoms. The molecule has 1 aromatic heterocycles. The van der Waals surface area contributed by atoms with E-state index in [0.717, 1.165) is 6.42 Å². The van der Waals surface area contributed by atoms with Crippen LogP contribution in [0.2, 0.25) is 0 Å². The fraction of sp³-hybridized carbons (Fsp3) is 0.190. The van der Waals surface area contributed by atoms with Crippen LogP contribution in [0.3, 0.4) is 0 Å². The lowest BCUT2D eigenvalue weighted by atomic mass is 10.2. The van der Waals surface area contributed by atoms with Crippen molar-refractivity contribution in [2.24, 2.45) is 4.99 Å². The van der Waals surface area contributed by atoms with Crippen LogP contribution in [0, 0.1) is 5.82 Å². The first kappa shape index (κ1) is 21.1. The van der Waals surface area contributed by atoms with E-state index < -0.39 is 10.0 Å². The van der Waals surface area contributed by atoms with Crippen LogP contribution >= 0.6 is 11.3 Å². The zero-order chi connectivity index (χ0) is 21.8. The van der Waals surface area contributed by atoms with Crippen molar-refractivity contribution in [2.45, 2.75) is 24.2 Å². The number of rotatable bonds is 6. The van der Waals surface area contributed by atoms with Gasteiger partial charge in [0, 0.05) is 29.6 Å². The number of amides is 1. The summed E-state index contributed by atoms with van der Waals surface area (Å²) in [6.07, 6.45) is 1.43. The molecule has 10 heteroatoms. The Bertz CT molecular complexity index is 1250. The second kappa shape index (κ2) is 8.94. The minimum absolute atomic E-state index is 0.0118. The molecule has 2 N–H and O–H groups in total. The molecule has 3 aromatic rings. The van der Waals surface area contributed by atoms with Gasteiger partial charge in [0.05, 0.1) is 17.0 Å². The Morgan fingerprint density at radius 3 is 2.77 bits per heavy atom. The molecule has 1 aliphatic heterocycles. The summed E-state index contributed by atoms with van der Waals surface area (Å²) < 4.78 is 41.0. The molecule has 4 rings (SSSR count). The van der Waals surface area contributed by atoms with Crippen molar-refractivity contribution < 1.29 is 17.6 Å². The zero-order valence-electron chi connectivity index (χ0n) is 16.3. The van der Waals surface area contributed by atoms with Crippen LogP contribution in [-0.2, 0) is 21.2 Å². The smallest absolute Gasteiger partial charge is 0.262 e. The monoisotopic (exact) mass is 458 g/mol. The molecular weight excluding hydrogens is 439 g/mol. The highest BCUT2D eigenvalue weighted by atomic mass is 32.2. The summed E-state index contributed by atoms with van der Waals surface area (Å²) in [7, 11) is -3.77. The van der Waals surface area contributed by atoms with Crippen molar-refractivity contribution in [1.29, 1.82) is 0 Å². The highest BCUT2D eigenvalue weighted by molar-refractivity contribution is 7.90. The Labute approximate surface area is 183 Å². The lowest BCUT2D eigenvalue weighted by Crippen LogP contribution is -2.29. The van der Waals surface area contributed by atoms with E-state index in [2.05, 4.69) is 20.0 Å². The minimum atomic E-state index is -3.77. The molecule has 0 saturated heterocycles. The van der Waals surface area contributed by atoms with Gasteiger partial charge in [-0.15, -0.1) is 11.3 Å². The van der Waals surface area contributed by atoms with E-state index in [9.17, 15) is 17.6 Å². The topological polar surface area (TPSA) is 101 Å². The number of benzene rings is 2. The van der Waals surface area contributed by atoms with E-state index in [-0.39, 0.29) is 23.0 Å². The summed E-state index contributed by atoms with van der Waals surface area (Å²) in [4.78, 5) is 21.0. The number of aliphatic imine (C=N–C) groups is 1. The number of thiazole rings is 1. The van der Waals surface area contributed by atoms with Gasteiger partial charge in [0.2, 0.25) is 5.91 Å². The zero-order valence-corrected chi connectivity index (χ0v) is 18.0. The molecule has 0 radical (unpaired) electrons. The fourth-order valence-corrected chi connectivity index (χ4v) is 5.04. The first-order valence-corrected chi connectivity index (χ1v) is 11.9. The molecular formula is C21H19FN4O3S2. The molecule has 2 aromatic carbocycles. The van der Waals surface area contributed by atoms with Crippen molar-refractivity contribution >= 4 is 38.8 Å². The van der Waals surface area contributed by atoms with Gasteiger partial charge in [-0.05, 0) is 36.8 Å². The Hall–Kier alpha value is -3.11. The van der Waals surface area contributed by atoms with Crippen molar-refractivity contribution in [3.8, 4) is 10.6 Å². The van der Waals surface area contributed by atoms with Gasteiger partial charge in [0.25, 0.3) is 10.0 Å². The Morgan fingerprint density at radius 2 is 2.00 bits per heavy atom. The number of halogens is 1. The molecule has 1 amide bonds. The van der Waals surface area contributed by atoms with Gasteiger partial charge in [-0.1, -0.05) is 18.2 Å². The molecule has 31 heavy (non-hydrogen) atoms. The maximum Gasteiger partial charge on any atom is 0.262 e. The highest BCUT2D eigenvalue weighted by Crippen LogP contribution is 2.24. The SMILES string of the molecule is O=C(Cc1csc(-c2cccc(F)c2)n1)Nc1cccc(S(=O)(=O)NC2=NCCC2)c1. The van der Waals surface area contributed by atoms with Crippen molar-refractivity contribution in [3.05, 3.63) is 65.4 Å². The average molecular weight is 459 g/mol. The van der Waals surface area contributed by atoms with E-state index in [4.69, 9.17) is 0 Å². The Kier molecular flexibility index (Phi) is 6.10. The van der Waals surface area contributed by atoms with Crippen LogP contribution in [0.5, 0.6) is 0 Å². The van der Waals surface area contributed by atoms with Crippen molar-refractivity contribution in [1.82, 2.24) is 9.71 Å². The molecule has 0 fully saturated rings. The molecule has 0 bridgehead atoms. The lowest BCUT2D eigenvalue weighted by molar-refractivity contribution is -0.115. The number of carbonyl (C=O) groups is 1. The molecule has 0 atom stereocenters. The van der Waals surface area contributed by atoms with Gasteiger partial charge in [0.1, 0.15) is 16.7 Å². The first-order valence-electron chi connectivity index (χ1n) is 9.55. The van der Waals surface area contributed by atoms with Crippen LogP contribution in [-0.4, -0.2) is 31.7 Å². The number of nitrogens with zero attached hydrogens (tertiary/aromatic N) is 2. The number of anilines is 1. The molecule has 2 heterocycles. The summed E-state index contributed by atoms with van der Waals surface area (Å²) in [5, 5.41) is 5.06. The lowest BCUT2D eigenvalue weighted by Gasteiger charge is -2.10. The largest absolute Gasteiger partial charge is 0.326 e. The van der Waals surface area contributed by atoms with Gasteiger partial charge >= 0.3 is 0 Å². The number of amidine groups is 1. The quantitative estimate of drug-likeness (QED) is 0.589. The van der Waals surface area contributed by atoms with E-state index in [0.29, 0.717) is 40.8 Å². The second-order valence-corrected chi connectivity index (χ2v) is 9.49. The van der Waals surface area contributed by atoms with E-state index in [1.54, 1.807) is 29.6 Å². The van der Waals surface area contributed by atoms with E-state index >= 15 is 0 Å². The summed E-state index contributed by atoms with van der Waals surface area (Å²) in [6.45, 7) is 0.617. The van der Waals surface area contributed by atoms with Gasteiger partial charge in [0.15, 0.2) is 0 Å². The summed E-state index contributed by atoms with van der Waals surface area (Å²) >= 11 is 1.32. The molecule has 0 saturated carbocycles. The third kappa shape index (κ3) is 5.33. The third-order valence-corrected chi connectivity index (χ3v) is 6.84. The molecule has 0 unspecified atom stereocenters. The van der Waals surface area contributed by atoms with Crippen LogP contribution in [0.4, 0.5) is 10.1 Å². The number of sulfonamides is 1. The Morgan fingerprint density at radius 1 is 1.16 bits per heavy atom. The number of nitrogens with one attached hydrogen (secondary N) is 2. The van der Waals surface area contributed by atoms with E-state index in [1.165, 1.54) is 35.6 Å². The summed E-state index contributed by atoms with van der Waals surface area (Å²) in [6, 6.07) is 12.1. The fourth-order valence-electron chi connectivity index (χ4n) is 3.09. The predicted molar refractivity (Wildman–Crippen MR) is 118 cm³/mol. The summed E-state index contributed by atoms with van der Waals surface area (Å²) in [5.41, 5.74) is 1.56. The predicted octanol–water partition coefficient (Wildman–Crippen LogP) is 3.60. The van der Waals surface area contributed by atoms with Crippen LogP contribution in [0.25, 0.3) is 10.6 Å². The van der Waals surface area contributed by atoms with E-state index in [1.807, 2.05) is 0 Å². The Balaban J connectivity index is 1.42. The minimum Gasteiger partial charge on any atom is -0.326 e. The molecule has 160 valence electrons. The number of hydrogen-bond acceptors (Lipinski definition) is 6. The number of carbonyl (C=O) groups excluding carboxylic acids is 1. The van der Waals surface area contributed by atoms with Crippen LogP contribution in [0.15, 0.2) is 63.8 Å². The van der Waals surface area contributed by atoms with Crippen molar-refractivity contribution in [2.75, 3.05) is 11.9 Å². The average Bonchev–Trinajstić information content (AvgIpc) is 3.40. The van der Waals surface area contributed by atoms with Gasteiger partial charge in [-0.3, -0.25) is 14.5 Å². The third-order valence-electron chi connectivity index (χ3n) is 4.52. The van der Waals surface area contributed by atoms with Crippen molar-refractivity contribution in [3.63, 3.8) is 0 Å². The first-order chi connectivity index (χ1) is 14.9. The molecule has 7 nitrogen and oxygen atoms in total. The van der Waals surface area contributed by atoms with Gasteiger partial charge < -0.3 is 5.32 Å². The second-order valence-electron chi connectivity index (χ2n) is 6.94. The van der Waals surface area contributed by atoms with Gasteiger partial charge in [-0.25, -0.2) is 17.8 Å². The molecule has 0 aliphatic carbocycles. The van der Waals surface area contributed by atoms with Gasteiger partial charge in [-0.2, -0.15) is 0 Å². The van der Waals surface area contributed by atoms with Crippen LogP contribution in [0.1, 0.15) is 18.5 Å².